The van der Waals surface area contributed by atoms with Gasteiger partial charge in [0, 0.05) is 17.4 Å². The molecule has 0 atom stereocenters. The number of nitrogens with one attached hydrogen (secondary N) is 1. The maximum atomic E-state index is 13.0. The number of carbonyl (C=O) groups excluding carboxylic acids is 1. The highest BCUT2D eigenvalue weighted by Crippen LogP contribution is 2.35. The van der Waals surface area contributed by atoms with Crippen LogP contribution in [0.4, 0.5) is 11.4 Å². The van der Waals surface area contributed by atoms with Crippen molar-refractivity contribution in [2.75, 3.05) is 10.6 Å². The number of nitrogens with two attached hydrogens (primary N) is 1. The zero-order valence-corrected chi connectivity index (χ0v) is 18.3. The van der Waals surface area contributed by atoms with E-state index in [1.54, 1.807) is 61.5 Å². The van der Waals surface area contributed by atoms with Crippen LogP contribution in [0, 0.1) is 0 Å². The van der Waals surface area contributed by atoms with Crippen molar-refractivity contribution in [1.82, 2.24) is 15.0 Å². The summed E-state index contributed by atoms with van der Waals surface area (Å²) in [7, 11) is -3.35. The Morgan fingerprint density at radius 1 is 1.12 bits per heavy atom. The predicted octanol–water partition coefficient (Wildman–Crippen LogP) is 3.55. The smallest absolute Gasteiger partial charge is 0.261 e. The van der Waals surface area contributed by atoms with Crippen LogP contribution in [0.1, 0.15) is 29.8 Å². The highest BCUT2D eigenvalue weighted by molar-refractivity contribution is 7.92. The van der Waals surface area contributed by atoms with Crippen LogP contribution in [-0.2, 0) is 16.4 Å². The van der Waals surface area contributed by atoms with Crippen molar-refractivity contribution in [1.29, 1.82) is 0 Å². The Labute approximate surface area is 185 Å². The van der Waals surface area contributed by atoms with Gasteiger partial charge in [0.1, 0.15) is 5.52 Å². The minimum Gasteiger partial charge on any atom is -0.398 e. The van der Waals surface area contributed by atoms with Crippen molar-refractivity contribution < 1.29 is 13.2 Å². The summed E-state index contributed by atoms with van der Waals surface area (Å²) in [5.74, 6) is -0.172. The summed E-state index contributed by atoms with van der Waals surface area (Å²) in [6, 6.07) is 12.0. The van der Waals surface area contributed by atoms with Gasteiger partial charge in [0.15, 0.2) is 15.5 Å². The molecule has 0 unspecified atom stereocenters. The first kappa shape index (κ1) is 20.2. The van der Waals surface area contributed by atoms with Gasteiger partial charge in [-0.1, -0.05) is 24.3 Å². The number of fused-ring (bicyclic) bond motifs is 2. The Balaban J connectivity index is 1.53. The summed E-state index contributed by atoms with van der Waals surface area (Å²) < 4.78 is 24.8. The number of anilines is 2. The van der Waals surface area contributed by atoms with Crippen molar-refractivity contribution in [3.05, 3.63) is 66.0 Å². The van der Waals surface area contributed by atoms with Crippen LogP contribution in [-0.4, -0.2) is 34.5 Å². The molecule has 0 radical (unpaired) electrons. The second-order valence-corrected chi connectivity index (χ2v) is 10.5. The van der Waals surface area contributed by atoms with Gasteiger partial charge < -0.3 is 15.6 Å². The van der Waals surface area contributed by atoms with E-state index in [0.29, 0.717) is 40.3 Å². The maximum Gasteiger partial charge on any atom is 0.261 e. The number of H-pyrrole nitrogens is 1. The summed E-state index contributed by atoms with van der Waals surface area (Å²) in [4.78, 5) is 27.2. The van der Waals surface area contributed by atoms with E-state index in [4.69, 9.17) is 10.7 Å². The molecule has 1 aliphatic heterocycles. The van der Waals surface area contributed by atoms with Crippen LogP contribution in [0.3, 0.4) is 0 Å². The molecule has 5 rings (SSSR count). The lowest BCUT2D eigenvalue weighted by atomic mass is 10.1. The van der Waals surface area contributed by atoms with Gasteiger partial charge in [0.25, 0.3) is 5.91 Å². The summed E-state index contributed by atoms with van der Waals surface area (Å²) in [5.41, 5.74) is 10.9. The second-order valence-electron chi connectivity index (χ2n) is 8.02. The largest absolute Gasteiger partial charge is 0.398 e. The van der Waals surface area contributed by atoms with E-state index in [-0.39, 0.29) is 10.8 Å². The zero-order valence-electron chi connectivity index (χ0n) is 17.5. The van der Waals surface area contributed by atoms with E-state index in [9.17, 15) is 13.2 Å². The quantitative estimate of drug-likeness (QED) is 0.461. The first-order chi connectivity index (χ1) is 15.3. The third-order valence-corrected chi connectivity index (χ3v) is 7.89. The van der Waals surface area contributed by atoms with Crippen LogP contribution < -0.4 is 10.6 Å². The Hall–Kier alpha value is -3.72. The normalized spacial score (nSPS) is 13.8. The minimum atomic E-state index is -3.35. The predicted molar refractivity (Wildman–Crippen MR) is 123 cm³/mol. The van der Waals surface area contributed by atoms with Gasteiger partial charge in [-0.25, -0.2) is 18.4 Å². The molecule has 4 aromatic rings. The SMILES string of the molecule is CC(C)S(=O)(=O)c1ccc(-c2cnc3[nH]cc(N4Cc5cccc(N)c5C4=O)c3n2)cc1. The van der Waals surface area contributed by atoms with Gasteiger partial charge >= 0.3 is 0 Å². The lowest BCUT2D eigenvalue weighted by Gasteiger charge is -2.14. The van der Waals surface area contributed by atoms with Crippen molar-refractivity contribution in [2.24, 2.45) is 0 Å². The van der Waals surface area contributed by atoms with Crippen LogP contribution in [0.2, 0.25) is 0 Å². The summed E-state index contributed by atoms with van der Waals surface area (Å²) in [5, 5.41) is -0.497. The molecule has 3 heterocycles. The van der Waals surface area contributed by atoms with Gasteiger partial charge in [-0.3, -0.25) is 4.79 Å². The lowest BCUT2D eigenvalue weighted by Crippen LogP contribution is -2.23. The summed E-state index contributed by atoms with van der Waals surface area (Å²) >= 11 is 0. The third-order valence-electron chi connectivity index (χ3n) is 5.72. The molecule has 3 N–H and O–H groups in total. The molecule has 0 bridgehead atoms. The fraction of sp³-hybridized carbons (Fsp3) is 0.174. The van der Waals surface area contributed by atoms with Gasteiger partial charge in [-0.15, -0.1) is 0 Å². The molecule has 0 spiro atoms. The van der Waals surface area contributed by atoms with Crippen LogP contribution in [0.25, 0.3) is 22.4 Å². The van der Waals surface area contributed by atoms with Crippen LogP contribution in [0.5, 0.6) is 0 Å². The zero-order chi connectivity index (χ0) is 22.6. The number of nitrogen functional groups attached to an aromatic ring is 1. The number of benzene rings is 2. The van der Waals surface area contributed by atoms with E-state index >= 15 is 0 Å². The van der Waals surface area contributed by atoms with Gasteiger partial charge in [0.05, 0.1) is 39.8 Å². The number of rotatable bonds is 4. The Bertz CT molecular complexity index is 1470. The van der Waals surface area contributed by atoms with E-state index in [1.807, 2.05) is 12.1 Å². The molecule has 1 amide bonds. The molecule has 9 heteroatoms. The summed E-state index contributed by atoms with van der Waals surface area (Å²) in [6.45, 7) is 3.71. The number of amides is 1. The first-order valence-corrected chi connectivity index (χ1v) is 11.7. The molecule has 162 valence electrons. The fourth-order valence-electron chi connectivity index (χ4n) is 3.90. The molecule has 2 aromatic heterocycles. The number of hydrogen-bond donors (Lipinski definition) is 2. The molecule has 0 aliphatic carbocycles. The van der Waals surface area contributed by atoms with E-state index in [1.165, 1.54) is 0 Å². The van der Waals surface area contributed by atoms with Crippen LogP contribution in [0.15, 0.2) is 59.8 Å². The Morgan fingerprint density at radius 2 is 1.88 bits per heavy atom. The molecule has 8 nitrogen and oxygen atoms in total. The second kappa shape index (κ2) is 7.16. The monoisotopic (exact) mass is 447 g/mol. The fourth-order valence-corrected chi connectivity index (χ4v) is 4.95. The molecular weight excluding hydrogens is 426 g/mol. The standard InChI is InChI=1S/C23H21N5O3S/c1-13(2)32(30,31)16-8-6-14(7-9-16)18-10-25-22-21(27-18)19(11-26-22)28-12-15-4-3-5-17(24)20(15)23(28)29/h3-11,13H,12,24H2,1-2H3,(H,25,26). The van der Waals surface area contributed by atoms with Crippen molar-refractivity contribution in [3.63, 3.8) is 0 Å². The van der Waals surface area contributed by atoms with E-state index < -0.39 is 15.1 Å². The Morgan fingerprint density at radius 3 is 2.56 bits per heavy atom. The van der Waals surface area contributed by atoms with Gasteiger partial charge in [-0.05, 0) is 37.6 Å². The van der Waals surface area contributed by atoms with Crippen molar-refractivity contribution in [3.8, 4) is 11.3 Å². The number of sulfone groups is 1. The van der Waals surface area contributed by atoms with Crippen molar-refractivity contribution >= 4 is 38.3 Å². The molecule has 0 fully saturated rings. The Kier molecular flexibility index (Phi) is 4.52. The number of nitrogens with zero attached hydrogens (tertiary/aromatic N) is 3. The van der Waals surface area contributed by atoms with Crippen molar-refractivity contribution in [2.45, 2.75) is 30.5 Å². The molecule has 0 saturated heterocycles. The topological polar surface area (TPSA) is 122 Å². The average Bonchev–Trinajstić information content (AvgIpc) is 3.34. The average molecular weight is 448 g/mol. The highest BCUT2D eigenvalue weighted by atomic mass is 32.2. The molecule has 2 aromatic carbocycles. The van der Waals surface area contributed by atoms with E-state index in [2.05, 4.69) is 9.97 Å². The number of aromatic amines is 1. The molecule has 1 aliphatic rings. The molecular formula is C23H21N5O3S. The molecule has 32 heavy (non-hydrogen) atoms. The molecule has 0 saturated carbocycles. The number of aromatic nitrogens is 3. The number of carbonyl (C=O) groups is 1. The third kappa shape index (κ3) is 3.04. The van der Waals surface area contributed by atoms with E-state index in [0.717, 1.165) is 11.1 Å². The first-order valence-electron chi connectivity index (χ1n) is 10.1. The minimum absolute atomic E-state index is 0.172. The highest BCUT2D eigenvalue weighted by Gasteiger charge is 2.32. The lowest BCUT2D eigenvalue weighted by molar-refractivity contribution is 0.0997. The van der Waals surface area contributed by atoms with Gasteiger partial charge in [-0.2, -0.15) is 0 Å². The number of hydrogen-bond acceptors (Lipinski definition) is 6. The van der Waals surface area contributed by atoms with Gasteiger partial charge in [0.2, 0.25) is 0 Å². The van der Waals surface area contributed by atoms with Crippen LogP contribution >= 0.6 is 0 Å². The summed E-state index contributed by atoms with van der Waals surface area (Å²) in [6.07, 6.45) is 3.33. The maximum absolute atomic E-state index is 13.0.